The van der Waals surface area contributed by atoms with Crippen molar-refractivity contribution in [3.05, 3.63) is 12.2 Å². The fraction of sp³-hybridized carbons (Fsp3) is 0.615. The van der Waals surface area contributed by atoms with Crippen LogP contribution in [-0.4, -0.2) is 22.8 Å². The van der Waals surface area contributed by atoms with Crippen molar-refractivity contribution in [2.45, 2.75) is 51.9 Å². The van der Waals surface area contributed by atoms with Crippen LogP contribution in [0.2, 0.25) is 0 Å². The van der Waals surface area contributed by atoms with E-state index in [-0.39, 0.29) is 6.42 Å². The molecule has 5 nitrogen and oxygen atoms in total. The third-order valence-corrected chi connectivity index (χ3v) is 2.70. The summed E-state index contributed by atoms with van der Waals surface area (Å²) in [7, 11) is 0. The molecule has 0 aromatic heterocycles. The summed E-state index contributed by atoms with van der Waals surface area (Å²) in [6.07, 6.45) is 8.79. The third-order valence-electron chi connectivity index (χ3n) is 2.70. The van der Waals surface area contributed by atoms with Gasteiger partial charge in [0.05, 0.1) is 0 Å². The van der Waals surface area contributed by atoms with Crippen LogP contribution in [0.3, 0.4) is 0 Å². The minimum absolute atomic E-state index is 0.239. The molecule has 1 heterocycles. The van der Waals surface area contributed by atoms with Gasteiger partial charge in [-0.3, -0.25) is 9.59 Å². The first kappa shape index (κ1) is 14.4. The van der Waals surface area contributed by atoms with Gasteiger partial charge in [-0.25, -0.2) is 4.79 Å². The van der Waals surface area contributed by atoms with Crippen LogP contribution >= 0.6 is 0 Å². The Morgan fingerprint density at radius 3 is 2.22 bits per heavy atom. The van der Waals surface area contributed by atoms with E-state index in [1.54, 1.807) is 0 Å². The van der Waals surface area contributed by atoms with Gasteiger partial charge < -0.3 is 4.84 Å². The first-order valence-corrected chi connectivity index (χ1v) is 6.42. The standard InChI is InChI=1S/C13H19NO4/c1-2-3-4-5-6-7-8-13(17)18-14-11(15)9-10-12(14)16/h9-10H,2-8H2,1H3. The number of nitrogens with zero attached hydrogens (tertiary/aromatic N) is 1. The number of rotatable bonds is 8. The summed E-state index contributed by atoms with van der Waals surface area (Å²) in [5.74, 6) is -1.73. The van der Waals surface area contributed by atoms with Crippen LogP contribution in [0.25, 0.3) is 0 Å². The Balaban J connectivity index is 2.11. The molecule has 0 aromatic carbocycles. The van der Waals surface area contributed by atoms with Gasteiger partial charge in [-0.15, -0.1) is 0 Å². The van der Waals surface area contributed by atoms with Gasteiger partial charge in [-0.1, -0.05) is 44.1 Å². The number of amides is 2. The number of imide groups is 1. The molecule has 100 valence electrons. The smallest absolute Gasteiger partial charge is 0.330 e. The molecule has 0 saturated carbocycles. The summed E-state index contributed by atoms with van der Waals surface area (Å²) >= 11 is 0. The van der Waals surface area contributed by atoms with Crippen molar-refractivity contribution in [1.29, 1.82) is 0 Å². The molecule has 1 rings (SSSR count). The van der Waals surface area contributed by atoms with E-state index in [9.17, 15) is 14.4 Å². The Kier molecular flexibility index (Phi) is 6.11. The molecule has 0 radical (unpaired) electrons. The molecule has 0 aliphatic carbocycles. The molecule has 1 aliphatic heterocycles. The molecule has 5 heteroatoms. The fourth-order valence-corrected chi connectivity index (χ4v) is 1.67. The quantitative estimate of drug-likeness (QED) is 0.491. The minimum Gasteiger partial charge on any atom is -0.330 e. The van der Waals surface area contributed by atoms with E-state index in [1.165, 1.54) is 19.3 Å². The Morgan fingerprint density at radius 2 is 1.61 bits per heavy atom. The number of hydroxylamine groups is 2. The van der Waals surface area contributed by atoms with Crippen molar-refractivity contribution in [2.75, 3.05) is 0 Å². The van der Waals surface area contributed by atoms with Crippen LogP contribution in [0, 0.1) is 0 Å². The van der Waals surface area contributed by atoms with Gasteiger partial charge in [0.2, 0.25) is 0 Å². The summed E-state index contributed by atoms with van der Waals surface area (Å²) in [4.78, 5) is 38.3. The average Bonchev–Trinajstić information content (AvgIpc) is 2.65. The monoisotopic (exact) mass is 253 g/mol. The van der Waals surface area contributed by atoms with Gasteiger partial charge in [0.25, 0.3) is 11.8 Å². The second kappa shape index (κ2) is 7.63. The maximum absolute atomic E-state index is 11.4. The topological polar surface area (TPSA) is 63.7 Å². The summed E-state index contributed by atoms with van der Waals surface area (Å²) in [6, 6.07) is 0. The maximum Gasteiger partial charge on any atom is 0.333 e. The molecule has 0 fully saturated rings. The number of hydrogen-bond donors (Lipinski definition) is 0. The molecule has 0 N–H and O–H groups in total. The fourth-order valence-electron chi connectivity index (χ4n) is 1.67. The lowest BCUT2D eigenvalue weighted by molar-refractivity contribution is -0.196. The maximum atomic E-state index is 11.4. The van der Waals surface area contributed by atoms with E-state index in [1.807, 2.05) is 0 Å². The van der Waals surface area contributed by atoms with E-state index in [4.69, 9.17) is 4.84 Å². The average molecular weight is 253 g/mol. The molecular formula is C13H19NO4. The first-order chi connectivity index (χ1) is 8.65. The van der Waals surface area contributed by atoms with Crippen molar-refractivity contribution in [3.63, 3.8) is 0 Å². The highest BCUT2D eigenvalue weighted by atomic mass is 16.7. The molecule has 18 heavy (non-hydrogen) atoms. The molecule has 0 atom stereocenters. The highest BCUT2D eigenvalue weighted by Crippen LogP contribution is 2.10. The molecule has 0 bridgehead atoms. The van der Waals surface area contributed by atoms with Crippen LogP contribution in [0.15, 0.2) is 12.2 Å². The minimum atomic E-state index is -0.601. The zero-order valence-corrected chi connectivity index (χ0v) is 10.7. The lowest BCUT2D eigenvalue weighted by Crippen LogP contribution is -2.32. The molecule has 0 unspecified atom stereocenters. The molecule has 2 amide bonds. The van der Waals surface area contributed by atoms with Crippen LogP contribution < -0.4 is 0 Å². The highest BCUT2D eigenvalue weighted by Gasteiger charge is 2.27. The number of hydrogen-bond acceptors (Lipinski definition) is 4. The third kappa shape index (κ3) is 4.69. The Morgan fingerprint density at radius 1 is 1.06 bits per heavy atom. The molecule has 0 aromatic rings. The Bertz CT molecular complexity index is 331. The molecule has 0 spiro atoms. The summed E-state index contributed by atoms with van der Waals surface area (Å²) in [5.41, 5.74) is 0. The zero-order chi connectivity index (χ0) is 13.4. The van der Waals surface area contributed by atoms with E-state index in [0.717, 1.165) is 31.4 Å². The van der Waals surface area contributed by atoms with E-state index in [0.29, 0.717) is 5.06 Å². The van der Waals surface area contributed by atoms with Crippen molar-refractivity contribution < 1.29 is 19.2 Å². The van der Waals surface area contributed by atoms with E-state index >= 15 is 0 Å². The first-order valence-electron chi connectivity index (χ1n) is 6.42. The second-order valence-corrected chi connectivity index (χ2v) is 4.29. The summed E-state index contributed by atoms with van der Waals surface area (Å²) in [6.45, 7) is 2.15. The predicted octanol–water partition coefficient (Wildman–Crippen LogP) is 2.12. The van der Waals surface area contributed by atoms with E-state index in [2.05, 4.69) is 6.92 Å². The lowest BCUT2D eigenvalue weighted by atomic mass is 10.1. The van der Waals surface area contributed by atoms with Gasteiger partial charge >= 0.3 is 5.97 Å². The molecule has 1 aliphatic rings. The van der Waals surface area contributed by atoms with Gasteiger partial charge in [0, 0.05) is 18.6 Å². The van der Waals surface area contributed by atoms with Crippen molar-refractivity contribution >= 4 is 17.8 Å². The van der Waals surface area contributed by atoms with Crippen LogP contribution in [0.4, 0.5) is 0 Å². The van der Waals surface area contributed by atoms with Gasteiger partial charge in [-0.2, -0.15) is 0 Å². The number of carbonyl (C=O) groups excluding carboxylic acids is 3. The normalized spacial score (nSPS) is 14.4. The highest BCUT2D eigenvalue weighted by molar-refractivity contribution is 6.12. The van der Waals surface area contributed by atoms with Crippen LogP contribution in [-0.2, 0) is 19.2 Å². The summed E-state index contributed by atoms with van der Waals surface area (Å²) < 4.78 is 0. The van der Waals surface area contributed by atoms with Crippen molar-refractivity contribution in [1.82, 2.24) is 5.06 Å². The van der Waals surface area contributed by atoms with Gasteiger partial charge in [0.15, 0.2) is 0 Å². The second-order valence-electron chi connectivity index (χ2n) is 4.29. The zero-order valence-electron chi connectivity index (χ0n) is 10.7. The number of carbonyl (C=O) groups is 3. The van der Waals surface area contributed by atoms with Crippen molar-refractivity contribution in [2.24, 2.45) is 0 Å². The SMILES string of the molecule is CCCCCCCCC(=O)ON1C(=O)C=CC1=O. The lowest BCUT2D eigenvalue weighted by Gasteiger charge is -2.12. The van der Waals surface area contributed by atoms with Gasteiger partial charge in [0.1, 0.15) is 0 Å². The number of unbranched alkanes of at least 4 members (excludes halogenated alkanes) is 5. The van der Waals surface area contributed by atoms with Crippen molar-refractivity contribution in [3.8, 4) is 0 Å². The van der Waals surface area contributed by atoms with Crippen LogP contribution in [0.5, 0.6) is 0 Å². The molecular weight excluding hydrogens is 234 g/mol. The predicted molar refractivity (Wildman–Crippen MR) is 65.1 cm³/mol. The molecule has 0 saturated heterocycles. The van der Waals surface area contributed by atoms with Gasteiger partial charge in [-0.05, 0) is 6.42 Å². The Labute approximate surface area is 107 Å². The Hall–Kier alpha value is -1.65. The largest absolute Gasteiger partial charge is 0.333 e. The van der Waals surface area contributed by atoms with E-state index < -0.39 is 17.8 Å². The van der Waals surface area contributed by atoms with Crippen LogP contribution in [0.1, 0.15) is 51.9 Å². The summed E-state index contributed by atoms with van der Waals surface area (Å²) in [5, 5.41) is 0.499.